The van der Waals surface area contributed by atoms with E-state index in [1.165, 1.54) is 0 Å². The zero-order valence-corrected chi connectivity index (χ0v) is 12.1. The standard InChI is InChI=1S/C12H14N2O3S2/c1-14(8-3-5-19(16,17)7-8)12(15)10-6-11-9(13-10)2-4-18-11/h2,4,6,8,13H,3,5,7H2,1H3. The Labute approximate surface area is 115 Å². The van der Waals surface area contributed by atoms with Crippen LogP contribution in [0.25, 0.3) is 10.2 Å². The molecule has 3 heterocycles. The number of nitrogens with one attached hydrogen (secondary N) is 1. The summed E-state index contributed by atoms with van der Waals surface area (Å²) >= 11 is 1.57. The molecule has 1 aliphatic rings. The lowest BCUT2D eigenvalue weighted by Gasteiger charge is -2.22. The molecule has 1 fully saturated rings. The first-order valence-corrected chi connectivity index (χ1v) is 8.70. The number of nitrogens with zero attached hydrogens (tertiary/aromatic N) is 1. The minimum Gasteiger partial charge on any atom is -0.350 e. The summed E-state index contributed by atoms with van der Waals surface area (Å²) in [6.07, 6.45) is 0.527. The Hall–Kier alpha value is -1.34. The number of amides is 1. The van der Waals surface area contributed by atoms with Gasteiger partial charge in [-0.3, -0.25) is 4.79 Å². The van der Waals surface area contributed by atoms with Crippen LogP contribution in [0.15, 0.2) is 17.5 Å². The maximum absolute atomic E-state index is 12.3. The minimum absolute atomic E-state index is 0.0737. The fourth-order valence-electron chi connectivity index (χ4n) is 2.40. The van der Waals surface area contributed by atoms with Crippen LogP contribution in [0.5, 0.6) is 0 Å². The maximum atomic E-state index is 12.3. The van der Waals surface area contributed by atoms with E-state index in [0.717, 1.165) is 10.2 Å². The van der Waals surface area contributed by atoms with Gasteiger partial charge in [0.2, 0.25) is 0 Å². The molecule has 0 radical (unpaired) electrons. The van der Waals surface area contributed by atoms with Gasteiger partial charge >= 0.3 is 0 Å². The van der Waals surface area contributed by atoms with Crippen LogP contribution in [0.4, 0.5) is 0 Å². The van der Waals surface area contributed by atoms with Crippen molar-refractivity contribution in [1.29, 1.82) is 0 Å². The van der Waals surface area contributed by atoms with Crippen molar-refractivity contribution in [1.82, 2.24) is 9.88 Å². The third kappa shape index (κ3) is 2.28. The van der Waals surface area contributed by atoms with Gasteiger partial charge in [0.25, 0.3) is 5.91 Å². The van der Waals surface area contributed by atoms with Gasteiger partial charge in [0.15, 0.2) is 9.84 Å². The molecule has 7 heteroatoms. The van der Waals surface area contributed by atoms with Crippen molar-refractivity contribution >= 4 is 37.3 Å². The van der Waals surface area contributed by atoms with Crippen molar-refractivity contribution in [3.63, 3.8) is 0 Å². The Morgan fingerprint density at radius 3 is 2.95 bits per heavy atom. The molecule has 0 aliphatic carbocycles. The molecule has 1 amide bonds. The fourth-order valence-corrected chi connectivity index (χ4v) is 4.96. The Kier molecular flexibility index (Phi) is 2.90. The number of thiophene rings is 1. The van der Waals surface area contributed by atoms with E-state index in [1.54, 1.807) is 23.3 Å². The number of sulfone groups is 1. The highest BCUT2D eigenvalue weighted by Crippen LogP contribution is 2.23. The molecule has 3 rings (SSSR count). The topological polar surface area (TPSA) is 70.2 Å². The first-order valence-electron chi connectivity index (χ1n) is 6.00. The number of carbonyl (C=O) groups excluding carboxylic acids is 1. The Morgan fingerprint density at radius 1 is 1.53 bits per heavy atom. The summed E-state index contributed by atoms with van der Waals surface area (Å²) in [6.45, 7) is 0. The zero-order chi connectivity index (χ0) is 13.6. The van der Waals surface area contributed by atoms with Gasteiger partial charge in [-0.2, -0.15) is 0 Å². The molecule has 1 aliphatic heterocycles. The van der Waals surface area contributed by atoms with E-state index < -0.39 is 9.84 Å². The van der Waals surface area contributed by atoms with Crippen molar-refractivity contribution in [2.45, 2.75) is 12.5 Å². The van der Waals surface area contributed by atoms with Crippen LogP contribution in [0, 0.1) is 0 Å². The molecule has 0 bridgehead atoms. The van der Waals surface area contributed by atoms with Gasteiger partial charge in [0, 0.05) is 13.1 Å². The number of hydrogen-bond acceptors (Lipinski definition) is 4. The van der Waals surface area contributed by atoms with Crippen LogP contribution in [0.3, 0.4) is 0 Å². The van der Waals surface area contributed by atoms with Gasteiger partial charge in [-0.05, 0) is 23.9 Å². The van der Waals surface area contributed by atoms with Gasteiger partial charge in [-0.15, -0.1) is 11.3 Å². The van der Waals surface area contributed by atoms with Gasteiger partial charge in [0.1, 0.15) is 5.69 Å². The molecule has 1 atom stereocenters. The Balaban J connectivity index is 1.82. The molecule has 0 saturated carbocycles. The van der Waals surface area contributed by atoms with Gasteiger partial charge in [0.05, 0.1) is 21.7 Å². The Morgan fingerprint density at radius 2 is 2.32 bits per heavy atom. The molecule has 0 aromatic carbocycles. The molecular formula is C12H14N2O3S2. The number of hydrogen-bond donors (Lipinski definition) is 1. The van der Waals surface area contributed by atoms with Crippen LogP contribution in [0.1, 0.15) is 16.9 Å². The predicted octanol–water partition coefficient (Wildman–Crippen LogP) is 1.49. The summed E-state index contributed by atoms with van der Waals surface area (Å²) in [5, 5.41) is 1.96. The number of rotatable bonds is 2. The lowest BCUT2D eigenvalue weighted by molar-refractivity contribution is 0.0743. The highest BCUT2D eigenvalue weighted by Gasteiger charge is 2.33. The van der Waals surface area contributed by atoms with Gasteiger partial charge in [-0.1, -0.05) is 0 Å². The molecule has 1 unspecified atom stereocenters. The molecule has 5 nitrogen and oxygen atoms in total. The van der Waals surface area contributed by atoms with E-state index in [9.17, 15) is 13.2 Å². The summed E-state index contributed by atoms with van der Waals surface area (Å²) in [7, 11) is -1.30. The molecule has 1 saturated heterocycles. The molecule has 2 aromatic heterocycles. The van der Waals surface area contributed by atoms with Crippen LogP contribution >= 0.6 is 11.3 Å². The molecule has 19 heavy (non-hydrogen) atoms. The first kappa shape index (κ1) is 12.7. The van der Waals surface area contributed by atoms with Crippen molar-refractivity contribution < 1.29 is 13.2 Å². The second-order valence-electron chi connectivity index (χ2n) is 4.85. The lowest BCUT2D eigenvalue weighted by atomic mass is 10.2. The fraction of sp³-hybridized carbons (Fsp3) is 0.417. The average Bonchev–Trinajstić information content (AvgIpc) is 3.00. The third-order valence-electron chi connectivity index (χ3n) is 3.55. The van der Waals surface area contributed by atoms with Crippen molar-refractivity contribution in [2.24, 2.45) is 0 Å². The second-order valence-corrected chi connectivity index (χ2v) is 8.03. The monoisotopic (exact) mass is 298 g/mol. The van der Waals surface area contributed by atoms with Crippen LogP contribution in [-0.4, -0.2) is 48.8 Å². The molecular weight excluding hydrogens is 284 g/mol. The minimum atomic E-state index is -2.97. The highest BCUT2D eigenvalue weighted by atomic mass is 32.2. The highest BCUT2D eigenvalue weighted by molar-refractivity contribution is 7.91. The summed E-state index contributed by atoms with van der Waals surface area (Å²) in [5.41, 5.74) is 1.47. The predicted molar refractivity (Wildman–Crippen MR) is 75.3 cm³/mol. The number of H-pyrrole nitrogens is 1. The van der Waals surface area contributed by atoms with Crippen molar-refractivity contribution in [3.8, 4) is 0 Å². The van der Waals surface area contributed by atoms with Crippen LogP contribution in [0.2, 0.25) is 0 Å². The van der Waals surface area contributed by atoms with E-state index in [1.807, 2.05) is 17.5 Å². The summed E-state index contributed by atoms with van der Waals surface area (Å²) < 4.78 is 24.0. The average molecular weight is 298 g/mol. The SMILES string of the molecule is CN(C(=O)c1cc2sccc2[nH]1)C1CCS(=O)(=O)C1. The molecule has 2 aromatic rings. The second kappa shape index (κ2) is 4.35. The first-order chi connectivity index (χ1) is 8.96. The zero-order valence-electron chi connectivity index (χ0n) is 10.4. The number of fused-ring (bicyclic) bond motifs is 1. The largest absolute Gasteiger partial charge is 0.350 e. The summed E-state index contributed by atoms with van der Waals surface area (Å²) in [4.78, 5) is 16.9. The summed E-state index contributed by atoms with van der Waals surface area (Å²) in [6, 6.07) is 3.54. The number of carbonyl (C=O) groups is 1. The van der Waals surface area contributed by atoms with E-state index in [2.05, 4.69) is 4.98 Å². The van der Waals surface area contributed by atoms with E-state index in [4.69, 9.17) is 0 Å². The number of aromatic nitrogens is 1. The number of aromatic amines is 1. The van der Waals surface area contributed by atoms with Crippen LogP contribution < -0.4 is 0 Å². The van der Waals surface area contributed by atoms with E-state index >= 15 is 0 Å². The summed E-state index contributed by atoms with van der Waals surface area (Å²) in [5.74, 6) is 0.102. The van der Waals surface area contributed by atoms with E-state index in [-0.39, 0.29) is 23.5 Å². The van der Waals surface area contributed by atoms with Gasteiger partial charge in [-0.25, -0.2) is 8.42 Å². The van der Waals surface area contributed by atoms with Crippen LogP contribution in [-0.2, 0) is 9.84 Å². The van der Waals surface area contributed by atoms with Crippen molar-refractivity contribution in [2.75, 3.05) is 18.6 Å². The van der Waals surface area contributed by atoms with E-state index in [0.29, 0.717) is 12.1 Å². The normalized spacial score (nSPS) is 21.8. The smallest absolute Gasteiger partial charge is 0.270 e. The Bertz CT molecular complexity index is 701. The molecule has 102 valence electrons. The quantitative estimate of drug-likeness (QED) is 0.913. The lowest BCUT2D eigenvalue weighted by Crippen LogP contribution is -2.37. The van der Waals surface area contributed by atoms with Gasteiger partial charge < -0.3 is 9.88 Å². The molecule has 0 spiro atoms. The van der Waals surface area contributed by atoms with Crippen molar-refractivity contribution in [3.05, 3.63) is 23.2 Å². The third-order valence-corrected chi connectivity index (χ3v) is 6.16. The molecule has 1 N–H and O–H groups in total. The maximum Gasteiger partial charge on any atom is 0.270 e.